The Morgan fingerprint density at radius 1 is 1.53 bits per heavy atom. The third-order valence-corrected chi connectivity index (χ3v) is 4.31. The topological polar surface area (TPSA) is 84.1 Å². The van der Waals surface area contributed by atoms with E-state index >= 15 is 0 Å². The molecule has 0 unspecified atom stereocenters. The van der Waals surface area contributed by atoms with Crippen LogP contribution in [0.25, 0.3) is 0 Å². The minimum atomic E-state index is -3.05. The van der Waals surface area contributed by atoms with Gasteiger partial charge in [0.05, 0.1) is 12.0 Å². The van der Waals surface area contributed by atoms with E-state index in [2.05, 4.69) is 0 Å². The molecule has 2 rings (SSSR count). The second-order valence-electron chi connectivity index (χ2n) is 3.83. The van der Waals surface area contributed by atoms with Crippen molar-refractivity contribution in [3.05, 3.63) is 24.2 Å². The summed E-state index contributed by atoms with van der Waals surface area (Å²) < 4.78 is 27.5. The summed E-state index contributed by atoms with van der Waals surface area (Å²) in [5, 5.41) is 11.3. The molecule has 3 N–H and O–H groups in total. The molecule has 1 aliphatic rings. The zero-order valence-corrected chi connectivity index (χ0v) is 8.98. The second-order valence-corrected chi connectivity index (χ2v) is 5.98. The molecule has 6 heteroatoms. The van der Waals surface area contributed by atoms with Gasteiger partial charge in [-0.3, -0.25) is 0 Å². The van der Waals surface area contributed by atoms with Gasteiger partial charge in [-0.2, -0.15) is 0 Å². The molecule has 5 nitrogen and oxygen atoms in total. The van der Waals surface area contributed by atoms with Crippen molar-refractivity contribution in [3.8, 4) is 0 Å². The Morgan fingerprint density at radius 2 is 2.33 bits per heavy atom. The summed E-state index contributed by atoms with van der Waals surface area (Å²) in [6.07, 6.45) is 0.815. The number of aliphatic hydroxyl groups excluding tert-OH is 1. The fraction of sp³-hybridized carbons (Fsp3) is 0.556. The Bertz CT molecular complexity index is 411. The van der Waals surface area contributed by atoms with Gasteiger partial charge in [0.1, 0.15) is 24.4 Å². The van der Waals surface area contributed by atoms with E-state index in [1.165, 1.54) is 0 Å². The van der Waals surface area contributed by atoms with Gasteiger partial charge >= 0.3 is 0 Å². The third kappa shape index (κ3) is 2.58. The molecule has 1 aromatic rings. The van der Waals surface area contributed by atoms with Gasteiger partial charge in [0, 0.05) is 0 Å². The van der Waals surface area contributed by atoms with Crippen LogP contribution in [0.1, 0.15) is 5.76 Å². The molecule has 2 heterocycles. The van der Waals surface area contributed by atoms with Crippen molar-refractivity contribution in [2.24, 2.45) is 0 Å². The number of rotatable bonds is 3. The highest BCUT2D eigenvalue weighted by molar-refractivity contribution is 7.91. The Hall–Kier alpha value is -0.850. The standard InChI is InChI=1S/C9H13NO4S/c11-9-6-15(12,13)5-8(9)10-4-7-2-1-3-14-7/h1-3,8-11H,4-6H2/p+1/t8-,9-/m1/s1. The highest BCUT2D eigenvalue weighted by atomic mass is 32.2. The fourth-order valence-corrected chi connectivity index (χ4v) is 3.63. The molecule has 1 aliphatic heterocycles. The number of hydrogen-bond acceptors (Lipinski definition) is 4. The molecular formula is C9H14NO4S+. The number of furan rings is 1. The van der Waals surface area contributed by atoms with Gasteiger partial charge in [-0.25, -0.2) is 8.42 Å². The molecule has 0 aliphatic carbocycles. The molecule has 0 radical (unpaired) electrons. The van der Waals surface area contributed by atoms with Crippen molar-refractivity contribution in [1.82, 2.24) is 0 Å². The maximum Gasteiger partial charge on any atom is 0.159 e. The summed E-state index contributed by atoms with van der Waals surface area (Å²) in [5.74, 6) is 0.716. The normalized spacial score (nSPS) is 29.4. The van der Waals surface area contributed by atoms with Crippen molar-refractivity contribution < 1.29 is 23.3 Å². The lowest BCUT2D eigenvalue weighted by atomic mass is 10.2. The highest BCUT2D eigenvalue weighted by Gasteiger charge is 2.39. The van der Waals surface area contributed by atoms with Crippen molar-refractivity contribution in [2.45, 2.75) is 18.7 Å². The van der Waals surface area contributed by atoms with E-state index in [0.29, 0.717) is 6.54 Å². The van der Waals surface area contributed by atoms with Crippen LogP contribution >= 0.6 is 0 Å². The van der Waals surface area contributed by atoms with Crippen LogP contribution in [0.5, 0.6) is 0 Å². The molecule has 84 valence electrons. The minimum Gasteiger partial charge on any atom is -0.463 e. The van der Waals surface area contributed by atoms with Gasteiger partial charge in [0.15, 0.2) is 15.6 Å². The van der Waals surface area contributed by atoms with Crippen molar-refractivity contribution in [2.75, 3.05) is 11.5 Å². The molecule has 1 aromatic heterocycles. The van der Waals surface area contributed by atoms with Gasteiger partial charge < -0.3 is 14.8 Å². The fourth-order valence-electron chi connectivity index (χ4n) is 1.78. The Labute approximate surface area is 88.0 Å². The van der Waals surface area contributed by atoms with Crippen molar-refractivity contribution in [1.29, 1.82) is 0 Å². The van der Waals surface area contributed by atoms with Crippen LogP contribution in [0.4, 0.5) is 0 Å². The van der Waals surface area contributed by atoms with E-state index in [0.717, 1.165) is 5.76 Å². The monoisotopic (exact) mass is 232 g/mol. The summed E-state index contributed by atoms with van der Waals surface area (Å²) in [6, 6.07) is 3.34. The smallest absolute Gasteiger partial charge is 0.159 e. The molecule has 0 saturated carbocycles. The van der Waals surface area contributed by atoms with E-state index in [1.54, 1.807) is 12.3 Å². The minimum absolute atomic E-state index is 0.0505. The summed E-state index contributed by atoms with van der Waals surface area (Å²) in [6.45, 7) is 0.560. The molecule has 0 amide bonds. The number of sulfone groups is 1. The average Bonchev–Trinajstić information content (AvgIpc) is 2.70. The zero-order chi connectivity index (χ0) is 10.9. The van der Waals surface area contributed by atoms with Crippen LogP contribution in [0.3, 0.4) is 0 Å². The van der Waals surface area contributed by atoms with Gasteiger partial charge in [0.2, 0.25) is 0 Å². The molecule has 0 bridgehead atoms. The first-order chi connectivity index (χ1) is 7.07. The molecule has 15 heavy (non-hydrogen) atoms. The summed E-state index contributed by atoms with van der Waals surface area (Å²) in [7, 11) is -3.05. The van der Waals surface area contributed by atoms with Gasteiger partial charge in [0.25, 0.3) is 0 Å². The maximum atomic E-state index is 11.2. The summed E-state index contributed by atoms with van der Waals surface area (Å²) >= 11 is 0. The molecular weight excluding hydrogens is 218 g/mol. The molecule has 0 spiro atoms. The van der Waals surface area contributed by atoms with E-state index in [9.17, 15) is 13.5 Å². The van der Waals surface area contributed by atoms with Gasteiger partial charge in [-0.15, -0.1) is 0 Å². The van der Waals surface area contributed by atoms with E-state index < -0.39 is 15.9 Å². The molecule has 2 atom stereocenters. The first-order valence-electron chi connectivity index (χ1n) is 4.81. The van der Waals surface area contributed by atoms with Crippen LogP contribution < -0.4 is 5.32 Å². The molecule has 1 saturated heterocycles. The van der Waals surface area contributed by atoms with Crippen LogP contribution in [0.2, 0.25) is 0 Å². The lowest BCUT2D eigenvalue weighted by Crippen LogP contribution is -2.91. The predicted octanol–water partition coefficient (Wildman–Crippen LogP) is -1.50. The number of hydrogen-bond donors (Lipinski definition) is 2. The zero-order valence-electron chi connectivity index (χ0n) is 8.17. The van der Waals surface area contributed by atoms with E-state index in [4.69, 9.17) is 4.42 Å². The van der Waals surface area contributed by atoms with Crippen molar-refractivity contribution in [3.63, 3.8) is 0 Å². The highest BCUT2D eigenvalue weighted by Crippen LogP contribution is 2.09. The van der Waals surface area contributed by atoms with Crippen LogP contribution in [-0.4, -0.2) is 37.2 Å². The van der Waals surface area contributed by atoms with Gasteiger partial charge in [-0.05, 0) is 12.1 Å². The van der Waals surface area contributed by atoms with Crippen molar-refractivity contribution >= 4 is 9.84 Å². The first kappa shape index (κ1) is 10.7. The largest absolute Gasteiger partial charge is 0.463 e. The van der Waals surface area contributed by atoms with Crippen LogP contribution in [-0.2, 0) is 16.4 Å². The number of quaternary nitrogens is 1. The number of nitrogens with two attached hydrogens (primary N) is 1. The quantitative estimate of drug-likeness (QED) is 0.664. The lowest BCUT2D eigenvalue weighted by molar-refractivity contribution is -0.706. The number of aliphatic hydroxyl groups is 1. The average molecular weight is 232 g/mol. The lowest BCUT2D eigenvalue weighted by Gasteiger charge is -2.09. The van der Waals surface area contributed by atoms with Gasteiger partial charge in [-0.1, -0.05) is 0 Å². The Kier molecular flexibility index (Phi) is 2.81. The third-order valence-electron chi connectivity index (χ3n) is 2.57. The summed E-state index contributed by atoms with van der Waals surface area (Å²) in [4.78, 5) is 0. The SMILES string of the molecule is O=S1(=O)C[C@@H](O)[C@H]([NH2+]Cc2ccco2)C1. The predicted molar refractivity (Wildman–Crippen MR) is 52.8 cm³/mol. The summed E-state index contributed by atoms with van der Waals surface area (Å²) in [5.41, 5.74) is 0. The Balaban J connectivity index is 1.91. The maximum absolute atomic E-state index is 11.2. The van der Waals surface area contributed by atoms with E-state index in [-0.39, 0.29) is 17.5 Å². The first-order valence-corrected chi connectivity index (χ1v) is 6.63. The van der Waals surface area contributed by atoms with Crippen LogP contribution in [0.15, 0.2) is 22.8 Å². The van der Waals surface area contributed by atoms with Crippen LogP contribution in [0, 0.1) is 0 Å². The molecule has 0 aromatic carbocycles. The van der Waals surface area contributed by atoms with E-state index in [1.807, 2.05) is 11.4 Å². The molecule has 1 fully saturated rings. The second kappa shape index (κ2) is 3.96. The Morgan fingerprint density at radius 3 is 2.87 bits per heavy atom.